The quantitative estimate of drug-likeness (QED) is 0.841. The van der Waals surface area contributed by atoms with Crippen LogP contribution in [0.25, 0.3) is 5.65 Å². The van der Waals surface area contributed by atoms with Gasteiger partial charge in [0.05, 0.1) is 5.69 Å². The molecule has 2 heterocycles. The van der Waals surface area contributed by atoms with Gasteiger partial charge in [-0.3, -0.25) is 0 Å². The van der Waals surface area contributed by atoms with Gasteiger partial charge >= 0.3 is 0 Å². The number of likely N-dealkylation sites (N-methyl/N-ethyl adjacent to an activating group) is 2. The number of aromatic nitrogens is 2. The van der Waals surface area contributed by atoms with E-state index in [0.29, 0.717) is 0 Å². The molecule has 1 atom stereocenters. The van der Waals surface area contributed by atoms with Gasteiger partial charge in [0.25, 0.3) is 0 Å². The Balaban J connectivity index is 2.34. The van der Waals surface area contributed by atoms with E-state index in [4.69, 9.17) is 10.7 Å². The third-order valence-corrected chi connectivity index (χ3v) is 3.83. The van der Waals surface area contributed by atoms with Gasteiger partial charge in [0.2, 0.25) is 0 Å². The number of nitrogens with zero attached hydrogens (tertiary/aromatic N) is 4. The van der Waals surface area contributed by atoms with E-state index in [2.05, 4.69) is 48.5 Å². The maximum Gasteiger partial charge on any atom is 0.150 e. The second-order valence-corrected chi connectivity index (χ2v) is 5.91. The lowest BCUT2D eigenvalue weighted by molar-refractivity contribution is 0.416. The molecule has 0 radical (unpaired) electrons. The van der Waals surface area contributed by atoms with Crippen molar-refractivity contribution in [1.29, 1.82) is 0 Å². The first-order valence-corrected chi connectivity index (χ1v) is 7.60. The highest BCUT2D eigenvalue weighted by molar-refractivity contribution is 5.55. The average molecular weight is 289 g/mol. The van der Waals surface area contributed by atoms with Crippen molar-refractivity contribution in [2.45, 2.75) is 25.8 Å². The van der Waals surface area contributed by atoms with Crippen LogP contribution in [0.15, 0.2) is 24.4 Å². The zero-order valence-corrected chi connectivity index (χ0v) is 13.6. The van der Waals surface area contributed by atoms with Crippen LogP contribution in [0.4, 0.5) is 5.82 Å². The van der Waals surface area contributed by atoms with E-state index in [1.807, 2.05) is 18.2 Å². The van der Waals surface area contributed by atoms with Crippen LogP contribution in [-0.2, 0) is 6.42 Å². The molecule has 2 N–H and O–H groups in total. The largest absolute Gasteiger partial charge is 0.357 e. The van der Waals surface area contributed by atoms with Crippen LogP contribution >= 0.6 is 0 Å². The third-order valence-electron chi connectivity index (χ3n) is 3.83. The summed E-state index contributed by atoms with van der Waals surface area (Å²) in [6, 6.07) is 6.28. The van der Waals surface area contributed by atoms with Gasteiger partial charge in [0.15, 0.2) is 5.82 Å². The highest BCUT2D eigenvalue weighted by Crippen LogP contribution is 2.22. The number of pyridine rings is 1. The van der Waals surface area contributed by atoms with Crippen LogP contribution in [0, 0.1) is 0 Å². The number of anilines is 1. The van der Waals surface area contributed by atoms with Gasteiger partial charge in [-0.15, -0.1) is 0 Å². The molecule has 0 fully saturated rings. The fraction of sp³-hybridized carbons (Fsp3) is 0.562. The standard InChI is InChI=1S/C16H27N5/c1-5-13(17)12-14-16(20(4)11-10-19(2)3)18-15-8-6-7-9-21(14)15/h6-9,13H,5,10-12,17H2,1-4H3. The van der Waals surface area contributed by atoms with Gasteiger partial charge in [0, 0.05) is 38.8 Å². The van der Waals surface area contributed by atoms with Crippen LogP contribution in [0.3, 0.4) is 0 Å². The number of imidazole rings is 1. The van der Waals surface area contributed by atoms with Crippen LogP contribution in [0.5, 0.6) is 0 Å². The van der Waals surface area contributed by atoms with Crippen LogP contribution in [0.2, 0.25) is 0 Å². The topological polar surface area (TPSA) is 49.8 Å². The number of hydrogen-bond acceptors (Lipinski definition) is 4. The van der Waals surface area contributed by atoms with Gasteiger partial charge in [-0.25, -0.2) is 4.98 Å². The first kappa shape index (κ1) is 15.8. The van der Waals surface area contributed by atoms with E-state index < -0.39 is 0 Å². The van der Waals surface area contributed by atoms with E-state index in [-0.39, 0.29) is 6.04 Å². The van der Waals surface area contributed by atoms with Crippen molar-refractivity contribution in [3.63, 3.8) is 0 Å². The summed E-state index contributed by atoms with van der Waals surface area (Å²) in [5, 5.41) is 0. The SMILES string of the molecule is CCC(N)Cc1c(N(C)CCN(C)C)nc2ccccn12. The summed E-state index contributed by atoms with van der Waals surface area (Å²) >= 11 is 0. The zero-order valence-electron chi connectivity index (χ0n) is 13.6. The van der Waals surface area contributed by atoms with Gasteiger partial charge in [0.1, 0.15) is 5.65 Å². The van der Waals surface area contributed by atoms with Crippen molar-refractivity contribution in [3.8, 4) is 0 Å². The normalized spacial score (nSPS) is 13.0. The predicted molar refractivity (Wildman–Crippen MR) is 89.0 cm³/mol. The molecule has 0 saturated carbocycles. The third kappa shape index (κ3) is 3.74. The summed E-state index contributed by atoms with van der Waals surface area (Å²) < 4.78 is 2.16. The molecule has 21 heavy (non-hydrogen) atoms. The second-order valence-electron chi connectivity index (χ2n) is 5.91. The van der Waals surface area contributed by atoms with Crippen molar-refractivity contribution in [2.75, 3.05) is 39.1 Å². The van der Waals surface area contributed by atoms with E-state index in [1.54, 1.807) is 0 Å². The average Bonchev–Trinajstić information content (AvgIpc) is 2.83. The number of fused-ring (bicyclic) bond motifs is 1. The highest BCUT2D eigenvalue weighted by atomic mass is 15.2. The summed E-state index contributed by atoms with van der Waals surface area (Å²) in [5.41, 5.74) is 8.38. The fourth-order valence-corrected chi connectivity index (χ4v) is 2.38. The summed E-state index contributed by atoms with van der Waals surface area (Å²) in [4.78, 5) is 9.20. The first-order valence-electron chi connectivity index (χ1n) is 7.60. The van der Waals surface area contributed by atoms with Gasteiger partial charge in [-0.05, 0) is 32.6 Å². The molecular formula is C16H27N5. The van der Waals surface area contributed by atoms with Crippen molar-refractivity contribution in [2.24, 2.45) is 5.73 Å². The minimum Gasteiger partial charge on any atom is -0.357 e. The summed E-state index contributed by atoms with van der Waals surface area (Å²) in [5.74, 6) is 1.05. The van der Waals surface area contributed by atoms with Crippen LogP contribution in [0.1, 0.15) is 19.0 Å². The molecule has 116 valence electrons. The summed E-state index contributed by atoms with van der Waals surface area (Å²) in [7, 11) is 6.28. The molecule has 0 aliphatic rings. The Morgan fingerprint density at radius 2 is 2.00 bits per heavy atom. The molecule has 2 aromatic heterocycles. The van der Waals surface area contributed by atoms with E-state index >= 15 is 0 Å². The van der Waals surface area contributed by atoms with Crippen molar-refractivity contribution < 1.29 is 0 Å². The molecule has 1 unspecified atom stereocenters. The number of hydrogen-bond donors (Lipinski definition) is 1. The Labute approximate surface area is 127 Å². The van der Waals surface area contributed by atoms with Crippen LogP contribution in [-0.4, -0.2) is 54.6 Å². The first-order chi connectivity index (χ1) is 10.0. The lowest BCUT2D eigenvalue weighted by Crippen LogP contribution is -2.30. The second kappa shape index (κ2) is 6.91. The summed E-state index contributed by atoms with van der Waals surface area (Å²) in [6.45, 7) is 4.08. The molecule has 2 aromatic rings. The molecule has 0 spiro atoms. The van der Waals surface area contributed by atoms with Crippen molar-refractivity contribution in [1.82, 2.24) is 14.3 Å². The van der Waals surface area contributed by atoms with Gasteiger partial charge in [-0.1, -0.05) is 13.0 Å². The Hall–Kier alpha value is -1.59. The molecule has 0 aliphatic carbocycles. The Bertz CT molecular complexity index is 575. The molecule has 5 heteroatoms. The Morgan fingerprint density at radius 1 is 1.24 bits per heavy atom. The highest BCUT2D eigenvalue weighted by Gasteiger charge is 2.17. The molecule has 0 aromatic carbocycles. The maximum absolute atomic E-state index is 6.18. The fourth-order valence-electron chi connectivity index (χ4n) is 2.38. The van der Waals surface area contributed by atoms with E-state index in [9.17, 15) is 0 Å². The maximum atomic E-state index is 6.18. The van der Waals surface area contributed by atoms with E-state index in [1.165, 1.54) is 5.69 Å². The molecule has 0 amide bonds. The monoisotopic (exact) mass is 289 g/mol. The number of rotatable bonds is 7. The van der Waals surface area contributed by atoms with Crippen molar-refractivity contribution in [3.05, 3.63) is 30.1 Å². The lowest BCUT2D eigenvalue weighted by atomic mass is 10.1. The Morgan fingerprint density at radius 3 is 2.67 bits per heavy atom. The minimum absolute atomic E-state index is 0.172. The zero-order chi connectivity index (χ0) is 15.4. The summed E-state index contributed by atoms with van der Waals surface area (Å²) in [6.07, 6.45) is 3.90. The smallest absolute Gasteiger partial charge is 0.150 e. The molecule has 0 aliphatic heterocycles. The van der Waals surface area contributed by atoms with Crippen LogP contribution < -0.4 is 10.6 Å². The molecule has 0 saturated heterocycles. The van der Waals surface area contributed by atoms with Gasteiger partial charge < -0.3 is 19.9 Å². The molecule has 5 nitrogen and oxygen atoms in total. The van der Waals surface area contributed by atoms with E-state index in [0.717, 1.165) is 37.4 Å². The number of nitrogens with two attached hydrogens (primary N) is 1. The molecule has 2 rings (SSSR count). The minimum atomic E-state index is 0.172. The molecule has 0 bridgehead atoms. The van der Waals surface area contributed by atoms with Gasteiger partial charge in [-0.2, -0.15) is 0 Å². The molecular weight excluding hydrogens is 262 g/mol. The Kier molecular flexibility index (Phi) is 5.20. The lowest BCUT2D eigenvalue weighted by Gasteiger charge is -2.21. The predicted octanol–water partition coefficient (Wildman–Crippen LogP) is 1.61. The van der Waals surface area contributed by atoms with Crippen molar-refractivity contribution >= 4 is 11.5 Å².